The van der Waals surface area contributed by atoms with Crippen molar-refractivity contribution in [3.8, 4) is 0 Å². The summed E-state index contributed by atoms with van der Waals surface area (Å²) in [5, 5.41) is 0. The minimum Gasteiger partial charge on any atom is -0.391 e. The standard InChI is InChI=1S/C21H44O2Si/c1-6-10-12-13-14-15-16-17-20-22-24(5,9-4)23-21(18-8-3)19-11-7-2/h9,21H,4,6-8,10-20H2,1-3,5H3. The molecule has 0 bridgehead atoms. The van der Waals surface area contributed by atoms with Gasteiger partial charge in [-0.15, -0.1) is 6.58 Å². The van der Waals surface area contributed by atoms with Crippen LogP contribution in [-0.2, 0) is 8.85 Å². The van der Waals surface area contributed by atoms with Gasteiger partial charge in [-0.1, -0.05) is 85.0 Å². The van der Waals surface area contributed by atoms with Crippen LogP contribution in [0.3, 0.4) is 0 Å². The first kappa shape index (κ1) is 23.9. The maximum atomic E-state index is 6.40. The van der Waals surface area contributed by atoms with Crippen LogP contribution in [0.15, 0.2) is 12.3 Å². The van der Waals surface area contributed by atoms with Gasteiger partial charge in [0.05, 0.1) is 0 Å². The van der Waals surface area contributed by atoms with E-state index in [0.717, 1.165) is 25.9 Å². The Labute approximate surface area is 153 Å². The maximum Gasteiger partial charge on any atom is 0.361 e. The molecule has 3 heteroatoms. The van der Waals surface area contributed by atoms with Crippen molar-refractivity contribution in [2.24, 2.45) is 0 Å². The summed E-state index contributed by atoms with van der Waals surface area (Å²) >= 11 is 0. The molecule has 0 heterocycles. The fraction of sp³-hybridized carbons (Fsp3) is 0.905. The molecule has 0 spiro atoms. The molecule has 2 nitrogen and oxygen atoms in total. The third-order valence-corrected chi connectivity index (χ3v) is 6.97. The van der Waals surface area contributed by atoms with E-state index in [2.05, 4.69) is 33.9 Å². The van der Waals surface area contributed by atoms with E-state index >= 15 is 0 Å². The molecule has 0 N–H and O–H groups in total. The lowest BCUT2D eigenvalue weighted by Gasteiger charge is -2.29. The van der Waals surface area contributed by atoms with Crippen molar-refractivity contribution in [2.75, 3.05) is 6.61 Å². The minimum atomic E-state index is -2.20. The molecule has 0 aromatic rings. The van der Waals surface area contributed by atoms with Gasteiger partial charge in [0.25, 0.3) is 0 Å². The van der Waals surface area contributed by atoms with Crippen LogP contribution >= 0.6 is 0 Å². The molecule has 0 aromatic carbocycles. The van der Waals surface area contributed by atoms with Crippen molar-refractivity contribution in [3.63, 3.8) is 0 Å². The van der Waals surface area contributed by atoms with Crippen LogP contribution in [0.5, 0.6) is 0 Å². The molecule has 0 aliphatic rings. The second-order valence-electron chi connectivity index (χ2n) is 7.21. The Bertz CT molecular complexity index is 283. The number of hydrogen-bond donors (Lipinski definition) is 0. The summed E-state index contributed by atoms with van der Waals surface area (Å²) in [6, 6.07) is 0. The van der Waals surface area contributed by atoms with Crippen LogP contribution in [0.4, 0.5) is 0 Å². The van der Waals surface area contributed by atoms with Crippen molar-refractivity contribution < 1.29 is 8.85 Å². The van der Waals surface area contributed by atoms with E-state index < -0.39 is 8.56 Å². The third kappa shape index (κ3) is 13.2. The van der Waals surface area contributed by atoms with Crippen LogP contribution in [0.25, 0.3) is 0 Å². The van der Waals surface area contributed by atoms with Gasteiger partial charge in [-0.05, 0) is 31.5 Å². The Kier molecular flexibility index (Phi) is 16.3. The highest BCUT2D eigenvalue weighted by molar-refractivity contribution is 6.71. The van der Waals surface area contributed by atoms with Gasteiger partial charge in [-0.3, -0.25) is 0 Å². The summed E-state index contributed by atoms with van der Waals surface area (Å²) in [5.41, 5.74) is 1.96. The highest BCUT2D eigenvalue weighted by Crippen LogP contribution is 2.19. The molecule has 0 rings (SSSR count). The minimum absolute atomic E-state index is 0.350. The highest BCUT2D eigenvalue weighted by Gasteiger charge is 2.30. The quantitative estimate of drug-likeness (QED) is 0.189. The largest absolute Gasteiger partial charge is 0.391 e. The molecule has 0 aliphatic carbocycles. The Morgan fingerprint density at radius 1 is 0.792 bits per heavy atom. The van der Waals surface area contributed by atoms with E-state index in [4.69, 9.17) is 8.85 Å². The maximum absolute atomic E-state index is 6.40. The normalized spacial score (nSPS) is 15.2. The zero-order valence-electron chi connectivity index (χ0n) is 17.1. The first-order valence-electron chi connectivity index (χ1n) is 10.6. The zero-order chi connectivity index (χ0) is 18.1. The number of rotatable bonds is 18. The predicted octanol–water partition coefficient (Wildman–Crippen LogP) is 7.32. The van der Waals surface area contributed by atoms with Crippen LogP contribution in [-0.4, -0.2) is 21.3 Å². The molecule has 144 valence electrons. The van der Waals surface area contributed by atoms with E-state index in [9.17, 15) is 0 Å². The van der Waals surface area contributed by atoms with Gasteiger partial charge in [0.2, 0.25) is 0 Å². The summed E-state index contributed by atoms with van der Waals surface area (Å²) in [6.45, 7) is 13.7. The summed E-state index contributed by atoms with van der Waals surface area (Å²) in [4.78, 5) is 0. The van der Waals surface area contributed by atoms with Crippen molar-refractivity contribution in [1.29, 1.82) is 0 Å². The van der Waals surface area contributed by atoms with E-state index in [0.29, 0.717) is 6.10 Å². The summed E-state index contributed by atoms with van der Waals surface area (Å²) < 4.78 is 12.6. The fourth-order valence-electron chi connectivity index (χ4n) is 3.00. The summed E-state index contributed by atoms with van der Waals surface area (Å²) in [6.07, 6.45) is 17.0. The molecule has 0 saturated heterocycles. The second kappa shape index (κ2) is 16.4. The average molecular weight is 357 g/mol. The zero-order valence-corrected chi connectivity index (χ0v) is 18.1. The van der Waals surface area contributed by atoms with Gasteiger partial charge in [0.1, 0.15) is 0 Å². The molecular weight excluding hydrogens is 312 g/mol. The van der Waals surface area contributed by atoms with Gasteiger partial charge < -0.3 is 8.85 Å². The first-order chi connectivity index (χ1) is 11.6. The van der Waals surface area contributed by atoms with E-state index in [1.165, 1.54) is 64.2 Å². The highest BCUT2D eigenvalue weighted by atomic mass is 28.4. The predicted molar refractivity (Wildman–Crippen MR) is 110 cm³/mol. The molecule has 0 aromatic heterocycles. The van der Waals surface area contributed by atoms with Crippen LogP contribution in [0.1, 0.15) is 104 Å². The van der Waals surface area contributed by atoms with Crippen LogP contribution in [0, 0.1) is 0 Å². The molecule has 2 atom stereocenters. The average Bonchev–Trinajstić information content (AvgIpc) is 2.58. The topological polar surface area (TPSA) is 18.5 Å². The van der Waals surface area contributed by atoms with Gasteiger partial charge in [-0.25, -0.2) is 0 Å². The number of unbranched alkanes of at least 4 members (excludes halogenated alkanes) is 8. The molecule has 0 radical (unpaired) electrons. The van der Waals surface area contributed by atoms with Crippen molar-refractivity contribution in [1.82, 2.24) is 0 Å². The molecule has 0 amide bonds. The Hall–Kier alpha value is -0.123. The van der Waals surface area contributed by atoms with E-state index in [1.807, 2.05) is 5.70 Å². The lowest BCUT2D eigenvalue weighted by Crippen LogP contribution is -2.41. The van der Waals surface area contributed by atoms with Gasteiger partial charge in [0.15, 0.2) is 0 Å². The van der Waals surface area contributed by atoms with E-state index in [-0.39, 0.29) is 0 Å². The molecule has 0 fully saturated rings. The second-order valence-corrected chi connectivity index (χ2v) is 10.2. The Morgan fingerprint density at radius 2 is 1.38 bits per heavy atom. The number of hydrogen-bond acceptors (Lipinski definition) is 2. The molecule has 0 aliphatic heterocycles. The van der Waals surface area contributed by atoms with Gasteiger partial charge >= 0.3 is 8.56 Å². The Balaban J connectivity index is 3.93. The molecule has 2 unspecified atom stereocenters. The fourth-order valence-corrected chi connectivity index (χ4v) is 4.73. The SMILES string of the molecule is C=C[Si](C)(OCCCCCCCCCC)OC(CCC)CCCC. The van der Waals surface area contributed by atoms with Gasteiger partial charge in [-0.2, -0.15) is 0 Å². The molecular formula is C21H44O2Si. The van der Waals surface area contributed by atoms with Crippen LogP contribution in [0.2, 0.25) is 6.55 Å². The Morgan fingerprint density at radius 3 is 1.92 bits per heavy atom. The van der Waals surface area contributed by atoms with E-state index in [1.54, 1.807) is 0 Å². The summed E-state index contributed by atoms with van der Waals surface area (Å²) in [7, 11) is -2.20. The van der Waals surface area contributed by atoms with Crippen molar-refractivity contribution in [2.45, 2.75) is 117 Å². The smallest absolute Gasteiger partial charge is 0.361 e. The molecule has 24 heavy (non-hydrogen) atoms. The van der Waals surface area contributed by atoms with Crippen molar-refractivity contribution >= 4 is 8.56 Å². The lowest BCUT2D eigenvalue weighted by atomic mass is 10.1. The lowest BCUT2D eigenvalue weighted by molar-refractivity contribution is 0.108. The van der Waals surface area contributed by atoms with Crippen molar-refractivity contribution in [3.05, 3.63) is 12.3 Å². The molecule has 0 saturated carbocycles. The monoisotopic (exact) mass is 356 g/mol. The van der Waals surface area contributed by atoms with Gasteiger partial charge in [0, 0.05) is 12.7 Å². The van der Waals surface area contributed by atoms with Crippen LogP contribution < -0.4 is 0 Å². The third-order valence-electron chi connectivity index (χ3n) is 4.65. The summed E-state index contributed by atoms with van der Waals surface area (Å²) in [5.74, 6) is 0. The first-order valence-corrected chi connectivity index (χ1v) is 13.0.